The highest BCUT2D eigenvalue weighted by Crippen LogP contribution is 2.65. The van der Waals surface area contributed by atoms with Crippen LogP contribution in [0.4, 0.5) is 0 Å². The first-order valence-electron chi connectivity index (χ1n) is 9.42. The molecule has 0 aromatic carbocycles. The lowest BCUT2D eigenvalue weighted by atomic mass is 9.48. The Kier molecular flexibility index (Phi) is 3.23. The smallest absolute Gasteiger partial charge is 0.156 e. The summed E-state index contributed by atoms with van der Waals surface area (Å²) in [5.41, 5.74) is 2.17. The fourth-order valence-electron chi connectivity index (χ4n) is 6.78. The van der Waals surface area contributed by atoms with E-state index in [2.05, 4.69) is 32.9 Å². The van der Waals surface area contributed by atoms with E-state index in [-0.39, 0.29) is 5.41 Å². The molecule has 22 heavy (non-hydrogen) atoms. The molecule has 0 N–H and O–H groups in total. The van der Waals surface area contributed by atoms with Gasteiger partial charge in [0.05, 0.1) is 0 Å². The Morgan fingerprint density at radius 3 is 2.73 bits per heavy atom. The topological polar surface area (TPSA) is 17.1 Å². The maximum atomic E-state index is 11.8. The number of rotatable bonds is 1. The van der Waals surface area contributed by atoms with Crippen LogP contribution in [-0.4, -0.2) is 5.78 Å². The first-order valence-corrected chi connectivity index (χ1v) is 9.42. The minimum absolute atomic E-state index is 0.263. The van der Waals surface area contributed by atoms with Crippen molar-refractivity contribution in [3.8, 4) is 0 Å². The van der Waals surface area contributed by atoms with Gasteiger partial charge in [0.2, 0.25) is 0 Å². The van der Waals surface area contributed by atoms with Crippen LogP contribution in [-0.2, 0) is 4.79 Å². The standard InChI is InChI=1S/C21H30O/c1-4-14-6-8-18-17-7-5-15-13-16(22)9-11-21(15,3)19(17)10-12-20(14,18)2/h5,7,13-14,17-19H,4,6,8-12H2,1-3H3/t14-,17?,18?,19?,20+,21-/m0/s1. The van der Waals surface area contributed by atoms with Crippen LogP contribution >= 0.6 is 0 Å². The molecule has 0 bridgehead atoms. The van der Waals surface area contributed by atoms with Gasteiger partial charge in [-0.25, -0.2) is 0 Å². The van der Waals surface area contributed by atoms with Crippen LogP contribution in [0, 0.1) is 34.5 Å². The van der Waals surface area contributed by atoms with Gasteiger partial charge in [0.25, 0.3) is 0 Å². The molecule has 2 saturated carbocycles. The molecule has 0 saturated heterocycles. The molecule has 0 heterocycles. The van der Waals surface area contributed by atoms with E-state index in [9.17, 15) is 4.79 Å². The van der Waals surface area contributed by atoms with E-state index in [0.717, 1.165) is 36.5 Å². The molecule has 4 aliphatic carbocycles. The van der Waals surface area contributed by atoms with Crippen LogP contribution in [0.15, 0.2) is 23.8 Å². The van der Waals surface area contributed by atoms with Crippen LogP contribution in [0.5, 0.6) is 0 Å². The fraction of sp³-hybridized carbons (Fsp3) is 0.762. The molecular weight excluding hydrogens is 268 g/mol. The average Bonchev–Trinajstić information content (AvgIpc) is 2.84. The molecule has 4 aliphatic rings. The molecule has 0 aromatic rings. The second-order valence-electron chi connectivity index (χ2n) is 8.86. The van der Waals surface area contributed by atoms with Gasteiger partial charge in [-0.2, -0.15) is 0 Å². The third-order valence-corrected chi connectivity index (χ3v) is 8.20. The van der Waals surface area contributed by atoms with Gasteiger partial charge in [-0.05, 0) is 78.3 Å². The average molecular weight is 298 g/mol. The number of carbonyl (C=O) groups excluding carboxylic acids is 1. The second kappa shape index (κ2) is 4.82. The summed E-state index contributed by atoms with van der Waals surface area (Å²) in [6, 6.07) is 0. The van der Waals surface area contributed by atoms with Gasteiger partial charge in [-0.1, -0.05) is 39.3 Å². The Balaban J connectivity index is 1.72. The summed E-state index contributed by atoms with van der Waals surface area (Å²) in [6.45, 7) is 7.42. The third kappa shape index (κ3) is 1.80. The maximum Gasteiger partial charge on any atom is 0.156 e. The van der Waals surface area contributed by atoms with Crippen molar-refractivity contribution in [2.75, 3.05) is 0 Å². The van der Waals surface area contributed by atoms with Crippen molar-refractivity contribution in [2.45, 2.75) is 65.7 Å². The number of fused-ring (bicyclic) bond motifs is 5. The van der Waals surface area contributed by atoms with Gasteiger partial charge in [0.15, 0.2) is 5.78 Å². The van der Waals surface area contributed by atoms with Gasteiger partial charge >= 0.3 is 0 Å². The van der Waals surface area contributed by atoms with Crippen LogP contribution in [0.1, 0.15) is 65.7 Å². The number of ketones is 1. The zero-order chi connectivity index (χ0) is 15.5. The molecule has 6 atom stereocenters. The number of carbonyl (C=O) groups is 1. The fourth-order valence-corrected chi connectivity index (χ4v) is 6.78. The van der Waals surface area contributed by atoms with Crippen molar-refractivity contribution in [3.63, 3.8) is 0 Å². The molecule has 1 heteroatoms. The van der Waals surface area contributed by atoms with Crippen LogP contribution in [0.2, 0.25) is 0 Å². The Morgan fingerprint density at radius 1 is 1.14 bits per heavy atom. The van der Waals surface area contributed by atoms with Gasteiger partial charge in [0, 0.05) is 6.42 Å². The molecule has 0 amide bonds. The number of hydrogen-bond donors (Lipinski definition) is 0. The number of hydrogen-bond acceptors (Lipinski definition) is 1. The van der Waals surface area contributed by atoms with Gasteiger partial charge in [0.1, 0.15) is 0 Å². The Morgan fingerprint density at radius 2 is 1.95 bits per heavy atom. The number of allylic oxidation sites excluding steroid dienone is 4. The summed E-state index contributed by atoms with van der Waals surface area (Å²) in [5.74, 6) is 3.67. The van der Waals surface area contributed by atoms with Crippen molar-refractivity contribution in [1.82, 2.24) is 0 Å². The molecule has 0 aliphatic heterocycles. The molecule has 0 aromatic heterocycles. The van der Waals surface area contributed by atoms with E-state index in [1.165, 1.54) is 37.7 Å². The molecule has 2 fully saturated rings. The summed E-state index contributed by atoms with van der Waals surface area (Å²) >= 11 is 0. The summed E-state index contributed by atoms with van der Waals surface area (Å²) in [6.07, 6.45) is 15.6. The summed E-state index contributed by atoms with van der Waals surface area (Å²) in [4.78, 5) is 11.8. The molecule has 0 radical (unpaired) electrons. The van der Waals surface area contributed by atoms with Gasteiger partial charge < -0.3 is 0 Å². The van der Waals surface area contributed by atoms with Crippen molar-refractivity contribution in [3.05, 3.63) is 23.8 Å². The minimum atomic E-state index is 0.263. The molecular formula is C21H30O. The van der Waals surface area contributed by atoms with E-state index in [0.29, 0.717) is 11.2 Å². The summed E-state index contributed by atoms with van der Waals surface area (Å²) in [5, 5.41) is 0. The highest BCUT2D eigenvalue weighted by molar-refractivity contribution is 5.92. The summed E-state index contributed by atoms with van der Waals surface area (Å²) < 4.78 is 0. The van der Waals surface area contributed by atoms with E-state index < -0.39 is 0 Å². The Bertz CT molecular complexity index is 556. The first-order chi connectivity index (χ1) is 10.5. The van der Waals surface area contributed by atoms with Crippen molar-refractivity contribution >= 4 is 5.78 Å². The van der Waals surface area contributed by atoms with Crippen molar-refractivity contribution < 1.29 is 4.79 Å². The van der Waals surface area contributed by atoms with E-state index in [4.69, 9.17) is 0 Å². The quantitative estimate of drug-likeness (QED) is 0.640. The van der Waals surface area contributed by atoms with Crippen molar-refractivity contribution in [1.29, 1.82) is 0 Å². The van der Waals surface area contributed by atoms with Gasteiger partial charge in [-0.15, -0.1) is 0 Å². The normalized spacial score (nSPS) is 50.1. The van der Waals surface area contributed by atoms with E-state index in [1.54, 1.807) is 0 Å². The minimum Gasteiger partial charge on any atom is -0.295 e. The zero-order valence-corrected chi connectivity index (χ0v) is 14.4. The molecule has 0 spiro atoms. The van der Waals surface area contributed by atoms with Crippen LogP contribution in [0.25, 0.3) is 0 Å². The molecule has 3 unspecified atom stereocenters. The third-order valence-electron chi connectivity index (χ3n) is 8.20. The van der Waals surface area contributed by atoms with Crippen LogP contribution in [0.3, 0.4) is 0 Å². The second-order valence-corrected chi connectivity index (χ2v) is 8.86. The lowest BCUT2D eigenvalue weighted by Crippen LogP contribution is -2.48. The van der Waals surface area contributed by atoms with Crippen LogP contribution < -0.4 is 0 Å². The highest BCUT2D eigenvalue weighted by atomic mass is 16.1. The Labute approximate surface area is 135 Å². The first kappa shape index (κ1) is 14.7. The largest absolute Gasteiger partial charge is 0.295 e. The Hall–Kier alpha value is -0.850. The monoisotopic (exact) mass is 298 g/mol. The predicted octanol–water partition coefficient (Wildman–Crippen LogP) is 5.32. The molecule has 120 valence electrons. The molecule has 4 rings (SSSR count). The van der Waals surface area contributed by atoms with E-state index >= 15 is 0 Å². The zero-order valence-electron chi connectivity index (χ0n) is 14.4. The highest BCUT2D eigenvalue weighted by Gasteiger charge is 2.57. The van der Waals surface area contributed by atoms with Gasteiger partial charge in [-0.3, -0.25) is 4.79 Å². The maximum absolute atomic E-state index is 11.8. The summed E-state index contributed by atoms with van der Waals surface area (Å²) in [7, 11) is 0. The lowest BCUT2D eigenvalue weighted by Gasteiger charge is -2.56. The SMILES string of the molecule is CC[C@H]1CCC2C3C=CC4=CC(=O)CC[C@]4(C)C3CC[C@@]21C. The van der Waals surface area contributed by atoms with Crippen molar-refractivity contribution in [2.24, 2.45) is 34.5 Å². The predicted molar refractivity (Wildman–Crippen MR) is 90.4 cm³/mol. The lowest BCUT2D eigenvalue weighted by molar-refractivity contribution is -0.116. The van der Waals surface area contributed by atoms with E-state index in [1.807, 2.05) is 6.08 Å². The molecule has 1 nitrogen and oxygen atoms in total.